The molecule has 2 N–H and O–H groups in total. The van der Waals surface area contributed by atoms with E-state index in [9.17, 15) is 0 Å². The smallest absolute Gasteiger partial charge is 0.00193 e. The summed E-state index contributed by atoms with van der Waals surface area (Å²) in [5.41, 5.74) is 8.52. The van der Waals surface area contributed by atoms with Crippen molar-refractivity contribution in [2.45, 2.75) is 26.2 Å². The standard InChI is InChI=1S/C15H19N/c1-11-5-4-6-12-7-8-13(9-14(11)12)15(2,3)10-16/h4-9H,10,16H2,1-3H3. The Labute approximate surface area is 97.3 Å². The summed E-state index contributed by atoms with van der Waals surface area (Å²) in [5.74, 6) is 0. The molecule has 0 fully saturated rings. The average Bonchev–Trinajstić information content (AvgIpc) is 2.29. The second-order valence-electron chi connectivity index (χ2n) is 5.10. The molecule has 0 aliphatic carbocycles. The molecule has 16 heavy (non-hydrogen) atoms. The van der Waals surface area contributed by atoms with Crippen molar-refractivity contribution in [2.24, 2.45) is 5.73 Å². The Morgan fingerprint density at radius 1 is 1.12 bits per heavy atom. The number of hydrogen-bond acceptors (Lipinski definition) is 1. The lowest BCUT2D eigenvalue weighted by molar-refractivity contribution is 0.540. The van der Waals surface area contributed by atoms with E-state index in [0.29, 0.717) is 6.54 Å². The van der Waals surface area contributed by atoms with Gasteiger partial charge in [-0.3, -0.25) is 0 Å². The van der Waals surface area contributed by atoms with E-state index in [1.54, 1.807) is 0 Å². The molecule has 0 radical (unpaired) electrons. The molecule has 0 spiro atoms. The molecule has 0 saturated heterocycles. The van der Waals surface area contributed by atoms with Crippen LogP contribution in [0.1, 0.15) is 25.0 Å². The van der Waals surface area contributed by atoms with Crippen molar-refractivity contribution in [3.63, 3.8) is 0 Å². The second-order valence-corrected chi connectivity index (χ2v) is 5.10. The van der Waals surface area contributed by atoms with Crippen LogP contribution >= 0.6 is 0 Å². The van der Waals surface area contributed by atoms with Gasteiger partial charge in [0.1, 0.15) is 0 Å². The highest BCUT2D eigenvalue weighted by Crippen LogP contribution is 2.27. The molecule has 0 aliphatic heterocycles. The third-order valence-electron chi connectivity index (χ3n) is 3.39. The van der Waals surface area contributed by atoms with Crippen molar-refractivity contribution in [1.82, 2.24) is 0 Å². The summed E-state index contributed by atoms with van der Waals surface area (Å²) in [6.45, 7) is 7.20. The van der Waals surface area contributed by atoms with Gasteiger partial charge in [-0.25, -0.2) is 0 Å². The quantitative estimate of drug-likeness (QED) is 0.813. The molecule has 1 nitrogen and oxygen atoms in total. The fourth-order valence-corrected chi connectivity index (χ4v) is 1.97. The summed E-state index contributed by atoms with van der Waals surface area (Å²) < 4.78 is 0. The van der Waals surface area contributed by atoms with Crippen LogP contribution in [-0.4, -0.2) is 6.54 Å². The lowest BCUT2D eigenvalue weighted by Gasteiger charge is -2.23. The van der Waals surface area contributed by atoms with E-state index >= 15 is 0 Å². The maximum atomic E-state index is 5.82. The van der Waals surface area contributed by atoms with Gasteiger partial charge in [0.2, 0.25) is 0 Å². The fraction of sp³-hybridized carbons (Fsp3) is 0.333. The Kier molecular flexibility index (Phi) is 2.73. The Hall–Kier alpha value is -1.34. The molecule has 0 heterocycles. The molecule has 2 aromatic rings. The zero-order chi connectivity index (χ0) is 11.8. The van der Waals surface area contributed by atoms with Crippen LogP contribution in [0.25, 0.3) is 10.8 Å². The second kappa shape index (κ2) is 3.91. The van der Waals surface area contributed by atoms with Gasteiger partial charge in [-0.15, -0.1) is 0 Å². The third kappa shape index (κ3) is 1.83. The van der Waals surface area contributed by atoms with Crippen LogP contribution in [0.3, 0.4) is 0 Å². The number of benzene rings is 2. The number of nitrogens with two attached hydrogens (primary N) is 1. The van der Waals surface area contributed by atoms with E-state index in [2.05, 4.69) is 57.2 Å². The van der Waals surface area contributed by atoms with Gasteiger partial charge >= 0.3 is 0 Å². The van der Waals surface area contributed by atoms with Crippen molar-refractivity contribution in [2.75, 3.05) is 6.54 Å². The third-order valence-corrected chi connectivity index (χ3v) is 3.39. The van der Waals surface area contributed by atoms with Gasteiger partial charge in [-0.05, 0) is 28.8 Å². The first-order chi connectivity index (χ1) is 7.54. The van der Waals surface area contributed by atoms with Gasteiger partial charge in [-0.1, -0.05) is 50.2 Å². The summed E-state index contributed by atoms with van der Waals surface area (Å²) in [6, 6.07) is 13.1. The molecule has 0 aromatic heterocycles. The van der Waals surface area contributed by atoms with E-state index < -0.39 is 0 Å². The number of aryl methyl sites for hydroxylation is 1. The predicted molar refractivity (Wildman–Crippen MR) is 70.8 cm³/mol. The molecule has 0 amide bonds. The lowest BCUT2D eigenvalue weighted by atomic mass is 9.83. The van der Waals surface area contributed by atoms with Crippen molar-refractivity contribution in [3.05, 3.63) is 47.5 Å². The van der Waals surface area contributed by atoms with Crippen LogP contribution in [0.2, 0.25) is 0 Å². The average molecular weight is 213 g/mol. The molecule has 0 aliphatic rings. The van der Waals surface area contributed by atoms with Gasteiger partial charge in [0.15, 0.2) is 0 Å². The molecule has 1 heteroatoms. The first-order valence-corrected chi connectivity index (χ1v) is 5.74. The van der Waals surface area contributed by atoms with Gasteiger partial charge in [0, 0.05) is 12.0 Å². The van der Waals surface area contributed by atoms with E-state index in [1.165, 1.54) is 21.9 Å². The van der Waals surface area contributed by atoms with Crippen LogP contribution in [-0.2, 0) is 5.41 Å². The zero-order valence-corrected chi connectivity index (χ0v) is 10.2. The summed E-state index contributed by atoms with van der Waals surface area (Å²) in [5, 5.41) is 2.64. The molecular formula is C15H19N. The molecule has 0 atom stereocenters. The lowest BCUT2D eigenvalue weighted by Crippen LogP contribution is -2.27. The Morgan fingerprint density at radius 3 is 2.56 bits per heavy atom. The normalized spacial score (nSPS) is 12.0. The maximum absolute atomic E-state index is 5.82. The Bertz CT molecular complexity index is 512. The van der Waals surface area contributed by atoms with E-state index in [-0.39, 0.29) is 5.41 Å². The molecule has 84 valence electrons. The molecule has 0 unspecified atom stereocenters. The number of rotatable bonds is 2. The van der Waals surface area contributed by atoms with Crippen LogP contribution in [0, 0.1) is 6.92 Å². The van der Waals surface area contributed by atoms with Crippen LogP contribution in [0.15, 0.2) is 36.4 Å². The predicted octanol–water partition coefficient (Wildman–Crippen LogP) is 3.38. The summed E-state index contributed by atoms with van der Waals surface area (Å²) in [7, 11) is 0. The zero-order valence-electron chi connectivity index (χ0n) is 10.2. The highest BCUT2D eigenvalue weighted by molar-refractivity contribution is 5.86. The first-order valence-electron chi connectivity index (χ1n) is 5.74. The van der Waals surface area contributed by atoms with Crippen molar-refractivity contribution < 1.29 is 0 Å². The monoisotopic (exact) mass is 213 g/mol. The van der Waals surface area contributed by atoms with Gasteiger partial charge < -0.3 is 5.73 Å². The van der Waals surface area contributed by atoms with E-state index in [0.717, 1.165) is 0 Å². The van der Waals surface area contributed by atoms with E-state index in [4.69, 9.17) is 5.73 Å². The number of fused-ring (bicyclic) bond motifs is 1. The largest absolute Gasteiger partial charge is 0.330 e. The summed E-state index contributed by atoms with van der Waals surface area (Å²) in [6.07, 6.45) is 0. The Morgan fingerprint density at radius 2 is 1.88 bits per heavy atom. The Balaban J connectivity index is 2.64. The summed E-state index contributed by atoms with van der Waals surface area (Å²) >= 11 is 0. The van der Waals surface area contributed by atoms with Crippen molar-refractivity contribution in [1.29, 1.82) is 0 Å². The highest BCUT2D eigenvalue weighted by atomic mass is 14.6. The SMILES string of the molecule is Cc1cccc2ccc(C(C)(C)CN)cc12. The molecule has 2 aromatic carbocycles. The minimum absolute atomic E-state index is 0.0521. The molecule has 2 rings (SSSR count). The van der Waals surface area contributed by atoms with Gasteiger partial charge in [-0.2, -0.15) is 0 Å². The molecule has 0 bridgehead atoms. The molecular weight excluding hydrogens is 194 g/mol. The maximum Gasteiger partial charge on any atom is 0.00193 e. The van der Waals surface area contributed by atoms with Crippen molar-refractivity contribution in [3.8, 4) is 0 Å². The minimum atomic E-state index is 0.0521. The van der Waals surface area contributed by atoms with Gasteiger partial charge in [0.05, 0.1) is 0 Å². The van der Waals surface area contributed by atoms with Crippen LogP contribution in [0.4, 0.5) is 0 Å². The first kappa shape index (κ1) is 11.2. The van der Waals surface area contributed by atoms with Crippen LogP contribution < -0.4 is 5.73 Å². The molecule has 0 saturated carbocycles. The highest BCUT2D eigenvalue weighted by Gasteiger charge is 2.18. The van der Waals surface area contributed by atoms with E-state index in [1.807, 2.05) is 0 Å². The van der Waals surface area contributed by atoms with Gasteiger partial charge in [0.25, 0.3) is 0 Å². The fourth-order valence-electron chi connectivity index (χ4n) is 1.97. The van der Waals surface area contributed by atoms with Crippen LogP contribution in [0.5, 0.6) is 0 Å². The number of hydrogen-bond donors (Lipinski definition) is 1. The summed E-state index contributed by atoms with van der Waals surface area (Å²) in [4.78, 5) is 0. The minimum Gasteiger partial charge on any atom is -0.330 e. The topological polar surface area (TPSA) is 26.0 Å². The van der Waals surface area contributed by atoms with Crippen molar-refractivity contribution >= 4 is 10.8 Å².